The van der Waals surface area contributed by atoms with Crippen molar-refractivity contribution in [1.29, 1.82) is 0 Å². The lowest BCUT2D eigenvalue weighted by molar-refractivity contribution is -0.154. The molecule has 3 N–H and O–H groups in total. The highest BCUT2D eigenvalue weighted by atomic mass is 31.2. The molecule has 0 aliphatic rings. The summed E-state index contributed by atoms with van der Waals surface area (Å²) in [6.45, 7) is 4.86. The van der Waals surface area contributed by atoms with Gasteiger partial charge in [0.1, 0.15) is 6.10 Å². The number of rotatable bonds is 38. The first-order valence-electron chi connectivity index (χ1n) is 20.0. The lowest BCUT2D eigenvalue weighted by Crippen LogP contribution is -2.28. The number of carbonyl (C=O) groups is 1. The third kappa shape index (κ3) is 37.8. The van der Waals surface area contributed by atoms with Crippen LogP contribution in [0, 0.1) is 0 Å². The van der Waals surface area contributed by atoms with Crippen molar-refractivity contribution < 1.29 is 32.8 Å². The number of ether oxygens (including phenoxy) is 2. The molecule has 0 spiro atoms. The summed E-state index contributed by atoms with van der Waals surface area (Å²) in [4.78, 5) is 22.3. The van der Waals surface area contributed by atoms with Crippen molar-refractivity contribution in [2.75, 3.05) is 33.0 Å². The zero-order valence-corrected chi connectivity index (χ0v) is 32.6. The number of hydrogen-bond donors (Lipinski definition) is 2. The molecule has 0 saturated heterocycles. The van der Waals surface area contributed by atoms with Crippen LogP contribution in [0.3, 0.4) is 0 Å². The Kier molecular flexibility index (Phi) is 37.0. The molecule has 0 aliphatic carbocycles. The quantitative estimate of drug-likeness (QED) is 0.0281. The highest BCUT2D eigenvalue weighted by Gasteiger charge is 2.25. The highest BCUT2D eigenvalue weighted by molar-refractivity contribution is 7.47. The van der Waals surface area contributed by atoms with Gasteiger partial charge in [0.15, 0.2) is 0 Å². The van der Waals surface area contributed by atoms with Gasteiger partial charge in [-0.05, 0) is 51.4 Å². The number of phosphoric ester groups is 1. The number of allylic oxidation sites excluding steroid dienone is 6. The largest absolute Gasteiger partial charge is 0.472 e. The lowest BCUT2D eigenvalue weighted by atomic mass is 10.1. The van der Waals surface area contributed by atoms with E-state index in [-0.39, 0.29) is 32.3 Å². The van der Waals surface area contributed by atoms with Crippen molar-refractivity contribution in [1.82, 2.24) is 0 Å². The fraction of sp³-hybridized carbons (Fsp3) is 0.825. The number of nitrogens with two attached hydrogens (primary N) is 1. The maximum absolute atomic E-state index is 12.5. The Morgan fingerprint density at radius 1 is 0.612 bits per heavy atom. The van der Waals surface area contributed by atoms with Crippen LogP contribution < -0.4 is 5.73 Å². The molecule has 288 valence electrons. The number of unbranched alkanes of at least 4 members (excludes halogenated alkanes) is 19. The number of hydrogen-bond acceptors (Lipinski definition) is 7. The van der Waals surface area contributed by atoms with Crippen molar-refractivity contribution in [2.45, 2.75) is 180 Å². The summed E-state index contributed by atoms with van der Waals surface area (Å²) in [6, 6.07) is 0. The van der Waals surface area contributed by atoms with Gasteiger partial charge < -0.3 is 20.1 Å². The van der Waals surface area contributed by atoms with Gasteiger partial charge in [0.25, 0.3) is 0 Å². The van der Waals surface area contributed by atoms with Gasteiger partial charge in [-0.1, -0.05) is 153 Å². The Bertz CT molecular complexity index is 848. The van der Waals surface area contributed by atoms with Crippen molar-refractivity contribution >= 4 is 13.8 Å². The Labute approximate surface area is 301 Å². The SMILES string of the molecule is CCCCCCC/C=C\C/C=C\C/C=C\CCCCCCCCCCC(=O)OC(COCCCCCCCCC)COP(=O)(O)OCCN. The van der Waals surface area contributed by atoms with Crippen molar-refractivity contribution in [3.05, 3.63) is 36.5 Å². The standard InChI is InChI=1S/C40H76NO7P/c1-3-5-7-9-11-12-13-14-15-16-17-18-19-20-21-22-23-24-25-26-27-29-31-33-40(42)48-39(38-47-49(43,44)46-36-34-41)37-45-35-32-30-28-10-8-6-4-2/h13-14,16-17,19-20,39H,3-12,15,18,21-38,41H2,1-2H3,(H,43,44)/b14-13-,17-16-,20-19-. The summed E-state index contributed by atoms with van der Waals surface area (Å²) in [7, 11) is -4.26. The summed E-state index contributed by atoms with van der Waals surface area (Å²) in [5, 5.41) is 0. The van der Waals surface area contributed by atoms with Gasteiger partial charge in [-0.3, -0.25) is 13.8 Å². The lowest BCUT2D eigenvalue weighted by Gasteiger charge is -2.20. The molecule has 8 nitrogen and oxygen atoms in total. The molecule has 2 atom stereocenters. The highest BCUT2D eigenvalue weighted by Crippen LogP contribution is 2.43. The third-order valence-corrected chi connectivity index (χ3v) is 9.29. The molecule has 0 saturated carbocycles. The topological polar surface area (TPSA) is 117 Å². The van der Waals surface area contributed by atoms with Crippen LogP contribution in [0.2, 0.25) is 0 Å². The van der Waals surface area contributed by atoms with Gasteiger partial charge in [-0.2, -0.15) is 0 Å². The van der Waals surface area contributed by atoms with E-state index >= 15 is 0 Å². The first-order valence-corrected chi connectivity index (χ1v) is 21.5. The molecular formula is C40H76NO7P. The summed E-state index contributed by atoms with van der Waals surface area (Å²) in [6.07, 6.45) is 41.7. The van der Waals surface area contributed by atoms with E-state index in [0.717, 1.165) is 51.4 Å². The Morgan fingerprint density at radius 2 is 1.08 bits per heavy atom. The molecule has 9 heteroatoms. The average molecular weight is 714 g/mol. The maximum Gasteiger partial charge on any atom is 0.472 e. The minimum atomic E-state index is -4.26. The minimum Gasteiger partial charge on any atom is -0.457 e. The molecule has 0 aromatic rings. The van der Waals surface area contributed by atoms with E-state index in [1.54, 1.807) is 0 Å². The number of phosphoric acid groups is 1. The van der Waals surface area contributed by atoms with Gasteiger partial charge in [-0.25, -0.2) is 4.57 Å². The van der Waals surface area contributed by atoms with Gasteiger partial charge in [-0.15, -0.1) is 0 Å². The third-order valence-electron chi connectivity index (χ3n) is 8.31. The van der Waals surface area contributed by atoms with E-state index in [4.69, 9.17) is 24.3 Å². The van der Waals surface area contributed by atoms with Crippen molar-refractivity contribution in [2.24, 2.45) is 5.73 Å². The fourth-order valence-corrected chi connectivity index (χ4v) is 6.12. The molecule has 0 aliphatic heterocycles. The zero-order valence-electron chi connectivity index (χ0n) is 31.7. The molecular weight excluding hydrogens is 637 g/mol. The molecule has 49 heavy (non-hydrogen) atoms. The van der Waals surface area contributed by atoms with Gasteiger partial charge in [0.05, 0.1) is 19.8 Å². The van der Waals surface area contributed by atoms with Crippen LogP contribution in [0.25, 0.3) is 0 Å². The van der Waals surface area contributed by atoms with Gasteiger partial charge >= 0.3 is 13.8 Å². The van der Waals surface area contributed by atoms with Crippen molar-refractivity contribution in [3.63, 3.8) is 0 Å². The normalized spacial score (nSPS) is 14.0. The van der Waals surface area contributed by atoms with E-state index in [0.29, 0.717) is 13.0 Å². The molecule has 0 aromatic heterocycles. The second kappa shape index (κ2) is 38.0. The maximum atomic E-state index is 12.5. The van der Waals surface area contributed by atoms with Gasteiger partial charge in [0.2, 0.25) is 0 Å². The van der Waals surface area contributed by atoms with E-state index in [2.05, 4.69) is 50.3 Å². The van der Waals surface area contributed by atoms with E-state index < -0.39 is 13.9 Å². The van der Waals surface area contributed by atoms with E-state index in [1.807, 2.05) is 0 Å². The first-order chi connectivity index (χ1) is 23.9. The molecule has 0 bridgehead atoms. The number of esters is 1. The summed E-state index contributed by atoms with van der Waals surface area (Å²) in [5.74, 6) is -0.340. The fourth-order valence-electron chi connectivity index (χ4n) is 5.36. The Balaban J connectivity index is 3.94. The zero-order chi connectivity index (χ0) is 35.9. The van der Waals surface area contributed by atoms with Crippen LogP contribution in [0.1, 0.15) is 174 Å². The second-order valence-corrected chi connectivity index (χ2v) is 14.6. The molecule has 0 radical (unpaired) electrons. The van der Waals surface area contributed by atoms with Crippen LogP contribution >= 0.6 is 7.82 Å². The van der Waals surface area contributed by atoms with Crippen LogP contribution in [-0.4, -0.2) is 49.9 Å². The smallest absolute Gasteiger partial charge is 0.457 e. The Hall–Kier alpha value is -1.28. The number of carbonyl (C=O) groups excluding carboxylic acids is 1. The molecule has 0 aromatic carbocycles. The second-order valence-electron chi connectivity index (χ2n) is 13.1. The molecule has 2 unspecified atom stereocenters. The van der Waals surface area contributed by atoms with Crippen LogP contribution in [0.15, 0.2) is 36.5 Å². The molecule has 0 fully saturated rings. The summed E-state index contributed by atoms with van der Waals surface area (Å²) < 4.78 is 33.2. The minimum absolute atomic E-state index is 0.0969. The predicted molar refractivity (Wildman–Crippen MR) is 206 cm³/mol. The van der Waals surface area contributed by atoms with E-state index in [1.165, 1.54) is 103 Å². The van der Waals surface area contributed by atoms with Crippen LogP contribution in [0.4, 0.5) is 0 Å². The van der Waals surface area contributed by atoms with E-state index in [9.17, 15) is 14.3 Å². The van der Waals surface area contributed by atoms with Crippen LogP contribution in [0.5, 0.6) is 0 Å². The summed E-state index contributed by atoms with van der Waals surface area (Å²) >= 11 is 0. The first kappa shape index (κ1) is 47.7. The van der Waals surface area contributed by atoms with Gasteiger partial charge in [0, 0.05) is 19.6 Å². The molecule has 0 heterocycles. The molecule has 0 rings (SSSR count). The predicted octanol–water partition coefficient (Wildman–Crippen LogP) is 11.5. The molecule has 0 amide bonds. The average Bonchev–Trinajstić information content (AvgIpc) is 3.09. The van der Waals surface area contributed by atoms with Crippen LogP contribution in [-0.2, 0) is 27.9 Å². The summed E-state index contributed by atoms with van der Waals surface area (Å²) in [5.41, 5.74) is 5.34. The Morgan fingerprint density at radius 3 is 1.61 bits per heavy atom. The van der Waals surface area contributed by atoms with Crippen molar-refractivity contribution in [3.8, 4) is 0 Å². The monoisotopic (exact) mass is 714 g/mol.